The minimum absolute atomic E-state index is 0.00135. The van der Waals surface area contributed by atoms with E-state index in [0.717, 1.165) is 84.6 Å². The van der Waals surface area contributed by atoms with Crippen LogP contribution in [-0.4, -0.2) is 59.8 Å². The number of carbonyl (C=O) groups excluding carboxylic acids is 1. The molecule has 5 aromatic carbocycles. The Kier molecular flexibility index (Phi) is 12.0. The average molecular weight is 697 g/mol. The Morgan fingerprint density at radius 2 is 1.25 bits per heavy atom. The lowest BCUT2D eigenvalue weighted by Crippen LogP contribution is -2.49. The summed E-state index contributed by atoms with van der Waals surface area (Å²) in [6, 6.07) is 45.0. The molecule has 0 bridgehead atoms. The van der Waals surface area contributed by atoms with E-state index in [1.54, 1.807) is 0 Å². The Balaban J connectivity index is 1.00. The summed E-state index contributed by atoms with van der Waals surface area (Å²) in [7, 11) is 0. The normalized spacial score (nSPS) is 19.6. The van der Waals surface area contributed by atoms with E-state index in [4.69, 9.17) is 9.47 Å². The van der Waals surface area contributed by atoms with Crippen LogP contribution in [-0.2, 0) is 35.7 Å². The minimum Gasteiger partial charge on any atom is -0.392 e. The molecule has 0 unspecified atom stereocenters. The zero-order valence-corrected chi connectivity index (χ0v) is 29.6. The number of hydrogen-bond donors (Lipinski definition) is 3. The van der Waals surface area contributed by atoms with E-state index in [1.807, 2.05) is 60.7 Å². The molecule has 0 aromatic heterocycles. The number of aliphatic hydroxyl groups is 1. The first kappa shape index (κ1) is 35.6. The van der Waals surface area contributed by atoms with E-state index in [-0.39, 0.29) is 24.8 Å². The van der Waals surface area contributed by atoms with Gasteiger partial charge in [-0.05, 0) is 38.9 Å². The molecule has 2 heterocycles. The van der Waals surface area contributed by atoms with Crippen LogP contribution in [0, 0.1) is 0 Å². The summed E-state index contributed by atoms with van der Waals surface area (Å²) in [4.78, 5) is 17.6. The Morgan fingerprint density at radius 1 is 0.635 bits per heavy atom. The van der Waals surface area contributed by atoms with Gasteiger partial charge >= 0.3 is 6.03 Å². The van der Waals surface area contributed by atoms with Crippen LogP contribution in [0.3, 0.4) is 0 Å². The van der Waals surface area contributed by atoms with E-state index in [1.165, 1.54) is 5.56 Å². The summed E-state index contributed by atoms with van der Waals surface area (Å²) in [5.41, 5.74) is 8.51. The number of hydrogen-bond acceptors (Lipinski definition) is 6. The quantitative estimate of drug-likeness (QED) is 0.128. The third-order valence-corrected chi connectivity index (χ3v) is 10.0. The van der Waals surface area contributed by atoms with Gasteiger partial charge in [0.25, 0.3) is 0 Å². The Bertz CT molecular complexity index is 1850. The molecule has 268 valence electrons. The number of ether oxygens (including phenoxy) is 2. The third kappa shape index (κ3) is 9.53. The highest BCUT2D eigenvalue weighted by atomic mass is 16.7. The van der Waals surface area contributed by atoms with Crippen LogP contribution in [0.2, 0.25) is 0 Å². The highest BCUT2D eigenvalue weighted by Crippen LogP contribution is 2.39. The zero-order chi connectivity index (χ0) is 35.5. The van der Waals surface area contributed by atoms with Crippen LogP contribution in [0.25, 0.3) is 11.1 Å². The third-order valence-electron chi connectivity index (χ3n) is 10.0. The van der Waals surface area contributed by atoms with E-state index >= 15 is 0 Å². The van der Waals surface area contributed by atoms with Crippen molar-refractivity contribution in [1.82, 2.24) is 20.4 Å². The molecule has 2 saturated heterocycles. The van der Waals surface area contributed by atoms with Crippen molar-refractivity contribution >= 4 is 6.03 Å². The van der Waals surface area contributed by atoms with Gasteiger partial charge in [0.15, 0.2) is 6.29 Å². The summed E-state index contributed by atoms with van der Waals surface area (Å²) < 4.78 is 13.4. The number of rotatable bonds is 12. The number of carbonyl (C=O) groups is 1. The molecule has 3 atom stereocenters. The molecular weight excluding hydrogens is 649 g/mol. The summed E-state index contributed by atoms with van der Waals surface area (Å²) in [6.45, 7) is 6.81. The summed E-state index contributed by atoms with van der Waals surface area (Å²) >= 11 is 0. The predicted octanol–water partition coefficient (Wildman–Crippen LogP) is 7.21. The van der Waals surface area contributed by atoms with Crippen molar-refractivity contribution in [2.45, 2.75) is 51.2 Å². The monoisotopic (exact) mass is 696 g/mol. The van der Waals surface area contributed by atoms with Crippen LogP contribution in [0.1, 0.15) is 52.2 Å². The Morgan fingerprint density at radius 3 is 1.96 bits per heavy atom. The fraction of sp³-hybridized carbons (Fsp3) is 0.295. The smallest absolute Gasteiger partial charge is 0.315 e. The van der Waals surface area contributed by atoms with Gasteiger partial charge in [0.1, 0.15) is 0 Å². The highest BCUT2D eigenvalue weighted by molar-refractivity contribution is 5.75. The van der Waals surface area contributed by atoms with Crippen LogP contribution in [0.5, 0.6) is 0 Å². The van der Waals surface area contributed by atoms with Crippen molar-refractivity contribution in [3.05, 3.63) is 167 Å². The first-order chi connectivity index (χ1) is 25.6. The minimum atomic E-state index is -0.514. The number of amides is 2. The molecule has 2 aliphatic heterocycles. The van der Waals surface area contributed by atoms with Crippen molar-refractivity contribution in [1.29, 1.82) is 0 Å². The van der Waals surface area contributed by atoms with Crippen molar-refractivity contribution < 1.29 is 19.4 Å². The van der Waals surface area contributed by atoms with Gasteiger partial charge in [-0.25, -0.2) is 4.79 Å². The van der Waals surface area contributed by atoms with Crippen LogP contribution < -0.4 is 10.6 Å². The lowest BCUT2D eigenvalue weighted by Gasteiger charge is -2.40. The number of nitrogens with one attached hydrogen (secondary N) is 2. The van der Waals surface area contributed by atoms with Gasteiger partial charge in [-0.1, -0.05) is 133 Å². The second-order valence-corrected chi connectivity index (χ2v) is 13.7. The number of benzene rings is 5. The Labute approximate surface area is 307 Å². The number of piperazine rings is 1. The fourth-order valence-electron chi connectivity index (χ4n) is 7.08. The van der Waals surface area contributed by atoms with Gasteiger partial charge in [-0.3, -0.25) is 9.80 Å². The molecule has 0 spiro atoms. The van der Waals surface area contributed by atoms with Crippen molar-refractivity contribution in [2.75, 3.05) is 32.7 Å². The number of nitrogens with zero attached hydrogens (tertiary/aromatic N) is 2. The van der Waals surface area contributed by atoms with Crippen LogP contribution >= 0.6 is 0 Å². The summed E-state index contributed by atoms with van der Waals surface area (Å²) in [6.07, 6.45) is 0.119. The van der Waals surface area contributed by atoms with E-state index in [9.17, 15) is 9.90 Å². The molecule has 0 radical (unpaired) electrons. The lowest BCUT2D eigenvalue weighted by atomic mass is 9.97. The summed E-state index contributed by atoms with van der Waals surface area (Å²) in [5, 5.41) is 15.6. The first-order valence-corrected chi connectivity index (χ1v) is 18.3. The van der Waals surface area contributed by atoms with Gasteiger partial charge in [0.2, 0.25) is 0 Å². The van der Waals surface area contributed by atoms with Gasteiger partial charge < -0.3 is 25.2 Å². The SMILES string of the molecule is O=C(NCc1ccccc1)NCc1ccccc1-c1ccc([C@H]2O[C@@H](CN3CCN(Cc4ccccc4)CC3)C[C@@H](c3ccc(CO)cc3)O2)cc1. The maximum Gasteiger partial charge on any atom is 0.315 e. The van der Waals surface area contributed by atoms with Crippen LogP contribution in [0.15, 0.2) is 133 Å². The molecule has 0 aliphatic carbocycles. The van der Waals surface area contributed by atoms with E-state index < -0.39 is 6.29 Å². The molecular formula is C44H48N4O4. The number of aliphatic hydroxyl groups excluding tert-OH is 1. The molecule has 0 saturated carbocycles. The lowest BCUT2D eigenvalue weighted by molar-refractivity contribution is -0.253. The van der Waals surface area contributed by atoms with Crippen molar-refractivity contribution in [3.8, 4) is 11.1 Å². The second-order valence-electron chi connectivity index (χ2n) is 13.7. The highest BCUT2D eigenvalue weighted by Gasteiger charge is 2.34. The van der Waals surface area contributed by atoms with Crippen LogP contribution in [0.4, 0.5) is 4.79 Å². The maximum atomic E-state index is 12.6. The second kappa shape index (κ2) is 17.6. The molecule has 5 aromatic rings. The van der Waals surface area contributed by atoms with E-state index in [2.05, 4.69) is 93.2 Å². The van der Waals surface area contributed by atoms with Gasteiger partial charge in [0, 0.05) is 64.3 Å². The topological polar surface area (TPSA) is 86.3 Å². The number of urea groups is 1. The van der Waals surface area contributed by atoms with Gasteiger partial charge in [-0.15, -0.1) is 0 Å². The van der Waals surface area contributed by atoms with Crippen molar-refractivity contribution in [2.24, 2.45) is 0 Å². The first-order valence-electron chi connectivity index (χ1n) is 18.3. The van der Waals surface area contributed by atoms with E-state index in [0.29, 0.717) is 13.1 Å². The zero-order valence-electron chi connectivity index (χ0n) is 29.6. The van der Waals surface area contributed by atoms with Gasteiger partial charge in [-0.2, -0.15) is 0 Å². The standard InChI is InChI=1S/C44H48N4O4/c49-32-35-15-17-37(18-16-35)42-27-40(31-48-25-23-47(24-26-48)30-34-11-5-2-6-12-34)51-43(52-42)38-21-19-36(20-22-38)41-14-8-7-13-39(41)29-46-44(50)45-28-33-9-3-1-4-10-33/h1-22,40,42-43,49H,23-32H2,(H2,45,46,50)/t40-,42+,43+/m1/s1. The van der Waals surface area contributed by atoms with Gasteiger partial charge in [0.05, 0.1) is 18.8 Å². The fourth-order valence-corrected chi connectivity index (χ4v) is 7.08. The molecule has 8 heteroatoms. The molecule has 2 fully saturated rings. The summed E-state index contributed by atoms with van der Waals surface area (Å²) in [5.74, 6) is 0. The molecule has 8 nitrogen and oxygen atoms in total. The Hall–Kier alpha value is -4.83. The average Bonchev–Trinajstić information content (AvgIpc) is 3.21. The molecule has 2 aliphatic rings. The molecule has 7 rings (SSSR count). The molecule has 3 N–H and O–H groups in total. The largest absolute Gasteiger partial charge is 0.392 e. The van der Waals surface area contributed by atoms with Crippen molar-refractivity contribution in [3.63, 3.8) is 0 Å². The molecule has 2 amide bonds. The predicted molar refractivity (Wildman–Crippen MR) is 204 cm³/mol. The maximum absolute atomic E-state index is 12.6. The molecule has 52 heavy (non-hydrogen) atoms.